The van der Waals surface area contributed by atoms with Crippen LogP contribution in [-0.4, -0.2) is 19.1 Å². The lowest BCUT2D eigenvalue weighted by atomic mass is 10.3. The van der Waals surface area contributed by atoms with Gasteiger partial charge in [0.05, 0.1) is 22.6 Å². The molecule has 0 saturated heterocycles. The molecule has 0 fully saturated rings. The van der Waals surface area contributed by atoms with E-state index in [2.05, 4.69) is 31.9 Å². The van der Waals surface area contributed by atoms with Gasteiger partial charge in [-0.3, -0.25) is 0 Å². The Morgan fingerprint density at radius 2 is 1.90 bits per heavy atom. The summed E-state index contributed by atoms with van der Waals surface area (Å²) in [6.45, 7) is 1.96. The van der Waals surface area contributed by atoms with Crippen molar-refractivity contribution in [1.82, 2.24) is 4.98 Å². The van der Waals surface area contributed by atoms with E-state index in [4.69, 9.17) is 0 Å². The molecular weight excluding hydrogens is 302 g/mol. The largest absolute Gasteiger partial charge is 0.409 e. The lowest BCUT2D eigenvalue weighted by molar-refractivity contribution is -0.627. The number of hydrogen-bond donors (Lipinski definition) is 0. The van der Waals surface area contributed by atoms with Crippen molar-refractivity contribution in [3.63, 3.8) is 0 Å². The highest BCUT2D eigenvalue weighted by molar-refractivity contribution is 7.21. The number of aryl methyl sites for hydroxylation is 2. The van der Waals surface area contributed by atoms with Crippen LogP contribution in [0.5, 0.6) is 0 Å². The molecule has 0 N–H and O–H groups in total. The number of para-hydroxylation sites is 1. The van der Waals surface area contributed by atoms with E-state index in [-0.39, 0.29) is 0 Å². The fraction of sp³-hybridized carbons (Fsp3) is 0.286. The van der Waals surface area contributed by atoms with Crippen LogP contribution >= 0.6 is 22.7 Å². The molecule has 5 nitrogen and oxygen atoms in total. The highest BCUT2D eigenvalue weighted by atomic mass is 32.1. The first-order valence-corrected chi connectivity index (χ1v) is 8.13. The Morgan fingerprint density at radius 1 is 1.14 bits per heavy atom. The Balaban J connectivity index is 1.96. The van der Waals surface area contributed by atoms with Crippen molar-refractivity contribution in [2.24, 2.45) is 17.3 Å². The molecule has 0 atom stereocenters. The van der Waals surface area contributed by atoms with Crippen molar-refractivity contribution in [3.05, 3.63) is 30.0 Å². The molecule has 0 aliphatic carbocycles. The Bertz CT molecular complexity index is 816. The smallest absolute Gasteiger partial charge is 0.354 e. The molecule has 0 bridgehead atoms. The van der Waals surface area contributed by atoms with Crippen molar-refractivity contribution >= 4 is 48.2 Å². The maximum Gasteiger partial charge on any atom is 0.409 e. The lowest BCUT2D eigenvalue weighted by Gasteiger charge is -2.04. The van der Waals surface area contributed by atoms with Gasteiger partial charge in [0.25, 0.3) is 0 Å². The first kappa shape index (κ1) is 14.1. The van der Waals surface area contributed by atoms with E-state index in [1.54, 1.807) is 22.7 Å². The highest BCUT2D eigenvalue weighted by Crippen LogP contribution is 2.34. The van der Waals surface area contributed by atoms with Crippen LogP contribution in [0.2, 0.25) is 0 Å². The van der Waals surface area contributed by atoms with Crippen LogP contribution in [-0.2, 0) is 7.05 Å². The highest BCUT2D eigenvalue weighted by Gasteiger charge is 2.16. The van der Waals surface area contributed by atoms with Crippen molar-refractivity contribution in [2.45, 2.75) is 6.92 Å². The van der Waals surface area contributed by atoms with Gasteiger partial charge in [0.1, 0.15) is 5.52 Å². The second-order valence-corrected chi connectivity index (χ2v) is 6.86. The molecule has 0 aliphatic rings. The predicted molar refractivity (Wildman–Crippen MR) is 88.4 cm³/mol. The zero-order chi connectivity index (χ0) is 15.0. The minimum atomic E-state index is 0.858. The first-order valence-electron chi connectivity index (χ1n) is 6.50. The first-order chi connectivity index (χ1) is 10.1. The van der Waals surface area contributed by atoms with Crippen LogP contribution in [0.3, 0.4) is 0 Å². The van der Waals surface area contributed by atoms with E-state index in [0.29, 0.717) is 0 Å². The van der Waals surface area contributed by atoms with Gasteiger partial charge in [-0.15, -0.1) is 0 Å². The van der Waals surface area contributed by atoms with Crippen molar-refractivity contribution in [1.29, 1.82) is 0 Å². The van der Waals surface area contributed by atoms with Crippen LogP contribution in [0.1, 0.15) is 5.69 Å². The van der Waals surface area contributed by atoms with Crippen molar-refractivity contribution < 1.29 is 4.57 Å². The van der Waals surface area contributed by atoms with Gasteiger partial charge in [-0.25, -0.2) is 9.55 Å². The normalized spacial score (nSPS) is 11.6. The van der Waals surface area contributed by atoms with Gasteiger partial charge in [0, 0.05) is 14.1 Å². The molecule has 0 amide bonds. The number of azo groups is 1. The molecule has 0 spiro atoms. The number of thiazole rings is 2. The zero-order valence-electron chi connectivity index (χ0n) is 12.4. The summed E-state index contributed by atoms with van der Waals surface area (Å²) in [6, 6.07) is 8.26. The van der Waals surface area contributed by atoms with Gasteiger partial charge in [-0.05, 0) is 35.5 Å². The number of rotatable bonds is 3. The molecule has 3 rings (SSSR count). The average Bonchev–Trinajstić information content (AvgIpc) is 2.99. The van der Waals surface area contributed by atoms with Crippen LogP contribution in [0.4, 0.5) is 15.3 Å². The Morgan fingerprint density at radius 3 is 2.57 bits per heavy atom. The maximum absolute atomic E-state index is 4.47. The summed E-state index contributed by atoms with van der Waals surface area (Å²) in [5, 5.41) is 11.5. The molecule has 2 aromatic heterocycles. The summed E-state index contributed by atoms with van der Waals surface area (Å²) in [5.41, 5.74) is 2.09. The number of aromatic nitrogens is 2. The second kappa shape index (κ2) is 5.50. The van der Waals surface area contributed by atoms with Gasteiger partial charge in [0.2, 0.25) is 0 Å². The van der Waals surface area contributed by atoms with E-state index in [1.807, 2.05) is 45.1 Å². The molecule has 108 valence electrons. The summed E-state index contributed by atoms with van der Waals surface area (Å²) in [7, 11) is 5.97. The Kier molecular flexibility index (Phi) is 3.69. The predicted octanol–water partition coefficient (Wildman–Crippen LogP) is 3.97. The standard InChI is InChI=1S/C14H16N5S2/c1-9-12(21-13(15-9)18(2)3)16-17-14-19(4)10-7-5-6-8-11(10)20-14/h5-8H,1-4H3/q+1. The minimum absolute atomic E-state index is 0.858. The lowest BCUT2D eigenvalue weighted by Crippen LogP contribution is -2.25. The molecule has 2 heterocycles. The Labute approximate surface area is 131 Å². The topological polar surface area (TPSA) is 44.7 Å². The number of hydrogen-bond acceptors (Lipinski definition) is 6. The average molecular weight is 318 g/mol. The molecule has 0 aliphatic heterocycles. The van der Waals surface area contributed by atoms with E-state index < -0.39 is 0 Å². The fourth-order valence-electron chi connectivity index (χ4n) is 1.92. The SMILES string of the molecule is Cc1nc(N(C)C)sc1N=Nc1sc2ccccc2[n+]1C. The number of benzene rings is 1. The summed E-state index contributed by atoms with van der Waals surface area (Å²) in [5.74, 6) is 0. The van der Waals surface area contributed by atoms with Crippen molar-refractivity contribution in [2.75, 3.05) is 19.0 Å². The number of anilines is 1. The van der Waals surface area contributed by atoms with Crippen LogP contribution in [0.15, 0.2) is 34.5 Å². The van der Waals surface area contributed by atoms with Gasteiger partial charge >= 0.3 is 5.13 Å². The molecule has 21 heavy (non-hydrogen) atoms. The zero-order valence-corrected chi connectivity index (χ0v) is 14.0. The van der Waals surface area contributed by atoms with Crippen molar-refractivity contribution in [3.8, 4) is 0 Å². The van der Waals surface area contributed by atoms with E-state index in [1.165, 1.54) is 10.2 Å². The van der Waals surface area contributed by atoms with Crippen LogP contribution in [0, 0.1) is 6.92 Å². The third-order valence-electron chi connectivity index (χ3n) is 3.08. The third kappa shape index (κ3) is 2.66. The van der Waals surface area contributed by atoms with Gasteiger partial charge in [-0.2, -0.15) is 0 Å². The number of fused-ring (bicyclic) bond motifs is 1. The Hall–Kier alpha value is -1.86. The van der Waals surface area contributed by atoms with Crippen LogP contribution < -0.4 is 9.47 Å². The fourth-order valence-corrected chi connectivity index (χ4v) is 3.71. The van der Waals surface area contributed by atoms with Crippen LogP contribution in [0.25, 0.3) is 10.2 Å². The molecular formula is C14H16N5S2+. The monoisotopic (exact) mass is 318 g/mol. The summed E-state index contributed by atoms with van der Waals surface area (Å²) in [4.78, 5) is 6.46. The van der Waals surface area contributed by atoms with Gasteiger partial charge in [-0.1, -0.05) is 23.5 Å². The quantitative estimate of drug-likeness (QED) is 0.542. The van der Waals surface area contributed by atoms with E-state index >= 15 is 0 Å². The van der Waals surface area contributed by atoms with E-state index in [0.717, 1.165) is 21.0 Å². The molecule has 7 heteroatoms. The third-order valence-corrected chi connectivity index (χ3v) is 5.40. The molecule has 0 unspecified atom stereocenters. The summed E-state index contributed by atoms with van der Waals surface area (Å²) >= 11 is 3.19. The maximum atomic E-state index is 4.47. The second-order valence-electron chi connectivity index (χ2n) is 4.89. The van der Waals surface area contributed by atoms with Gasteiger partial charge < -0.3 is 4.90 Å². The van der Waals surface area contributed by atoms with Gasteiger partial charge in [0.15, 0.2) is 10.1 Å². The molecule has 0 saturated carbocycles. The molecule has 1 aromatic carbocycles. The summed E-state index contributed by atoms with van der Waals surface area (Å²) in [6.07, 6.45) is 0. The van der Waals surface area contributed by atoms with E-state index in [9.17, 15) is 0 Å². The molecule has 3 aromatic rings. The molecule has 0 radical (unpaired) electrons. The number of nitrogens with zero attached hydrogens (tertiary/aromatic N) is 5. The minimum Gasteiger partial charge on any atom is -0.354 e. The summed E-state index contributed by atoms with van der Waals surface area (Å²) < 4.78 is 3.27.